The lowest BCUT2D eigenvalue weighted by Crippen LogP contribution is -2.27. The van der Waals surface area contributed by atoms with Gasteiger partial charge in [-0.25, -0.2) is 4.79 Å². The number of carbonyl (C=O) groups is 2. The number of rotatable bonds is 8. The number of carbonyl (C=O) groups excluding carboxylic acids is 2. The largest absolute Gasteiger partial charge is 0.507 e. The molecule has 0 aliphatic heterocycles. The summed E-state index contributed by atoms with van der Waals surface area (Å²) in [5, 5.41) is 19.1. The molecule has 0 saturated heterocycles. The van der Waals surface area contributed by atoms with Gasteiger partial charge in [0.2, 0.25) is 5.91 Å². The van der Waals surface area contributed by atoms with Crippen LogP contribution in [0.15, 0.2) is 115 Å². The van der Waals surface area contributed by atoms with Crippen LogP contribution in [-0.4, -0.2) is 30.3 Å². The van der Waals surface area contributed by atoms with E-state index in [-0.39, 0.29) is 5.75 Å². The second kappa shape index (κ2) is 12.2. The Morgan fingerprint density at radius 2 is 1.44 bits per heavy atom. The summed E-state index contributed by atoms with van der Waals surface area (Å²) in [6.07, 6.45) is 0.278. The molecule has 0 fully saturated rings. The third kappa shape index (κ3) is 6.13. The quantitative estimate of drug-likeness (QED) is 0.125. The molecule has 0 radical (unpaired) electrons. The molecule has 2 atom stereocenters. The number of hydrogen-bond acceptors (Lipinski definition) is 6. The van der Waals surface area contributed by atoms with Crippen molar-refractivity contribution in [3.8, 4) is 5.75 Å². The number of nitrogen functional groups attached to an aromatic ring is 1. The van der Waals surface area contributed by atoms with Crippen LogP contribution in [0, 0.1) is 0 Å². The van der Waals surface area contributed by atoms with Gasteiger partial charge >= 0.3 is 6.09 Å². The van der Waals surface area contributed by atoms with Gasteiger partial charge in [0.15, 0.2) is 6.10 Å². The molecule has 0 aliphatic rings. The number of fused-ring (bicyclic) bond motifs is 2. The number of phenols is 1. The molecule has 0 heterocycles. The molecule has 206 valence electrons. The number of anilines is 3. The Hall–Kier alpha value is -5.34. The SMILES string of the molecule is CO[C@H](/C=C/C(=O)Nc1ccccc1N)[C@H](OC(=O)Nc1cccc2ccccc12)c1ccc(O)c2ccccc12. The van der Waals surface area contributed by atoms with Crippen molar-refractivity contribution < 1.29 is 24.2 Å². The fourth-order valence-electron chi connectivity index (χ4n) is 4.72. The van der Waals surface area contributed by atoms with E-state index in [9.17, 15) is 14.7 Å². The van der Waals surface area contributed by atoms with Gasteiger partial charge in [-0.1, -0.05) is 78.9 Å². The highest BCUT2D eigenvalue weighted by atomic mass is 16.6. The second-order valence-electron chi connectivity index (χ2n) is 9.33. The zero-order valence-electron chi connectivity index (χ0n) is 22.3. The Bertz CT molecular complexity index is 1750. The molecule has 5 aromatic rings. The second-order valence-corrected chi connectivity index (χ2v) is 9.33. The molecule has 0 bridgehead atoms. The normalized spacial score (nSPS) is 12.7. The topological polar surface area (TPSA) is 123 Å². The monoisotopic (exact) mass is 547 g/mol. The van der Waals surface area contributed by atoms with Gasteiger partial charge in [-0.15, -0.1) is 0 Å². The van der Waals surface area contributed by atoms with Crippen LogP contribution >= 0.6 is 0 Å². The van der Waals surface area contributed by atoms with Gasteiger partial charge in [0.25, 0.3) is 0 Å². The maximum absolute atomic E-state index is 13.3. The van der Waals surface area contributed by atoms with Crippen molar-refractivity contribution in [1.29, 1.82) is 0 Å². The van der Waals surface area contributed by atoms with E-state index in [0.29, 0.717) is 33.4 Å². The number of methoxy groups -OCH3 is 1. The van der Waals surface area contributed by atoms with Crippen LogP contribution in [0.4, 0.5) is 21.9 Å². The number of nitrogens with two attached hydrogens (primary N) is 1. The molecule has 41 heavy (non-hydrogen) atoms. The molecule has 0 aromatic heterocycles. The minimum absolute atomic E-state index is 0.0904. The molecular formula is C33H29N3O5. The summed E-state index contributed by atoms with van der Waals surface area (Å²) in [7, 11) is 1.46. The minimum atomic E-state index is -0.980. The molecule has 0 aliphatic carbocycles. The number of para-hydroxylation sites is 2. The van der Waals surface area contributed by atoms with Crippen LogP contribution in [0.1, 0.15) is 11.7 Å². The Morgan fingerprint density at radius 3 is 2.22 bits per heavy atom. The molecule has 0 spiro atoms. The number of nitrogens with one attached hydrogen (secondary N) is 2. The molecule has 0 unspecified atom stereocenters. The minimum Gasteiger partial charge on any atom is -0.507 e. The molecule has 8 heteroatoms. The molecule has 2 amide bonds. The molecule has 0 saturated carbocycles. The van der Waals surface area contributed by atoms with Crippen LogP contribution < -0.4 is 16.4 Å². The lowest BCUT2D eigenvalue weighted by molar-refractivity contribution is -0.112. The maximum Gasteiger partial charge on any atom is 0.412 e. The Labute approximate surface area is 237 Å². The standard InChI is InChI=1S/C33H29N3O5/c1-40-30(19-20-31(38)35-28-15-7-6-14-26(28)34)32(25-17-18-29(37)24-13-5-4-12-23(24)25)41-33(39)36-27-16-8-10-21-9-2-3-11-22(21)27/h2-20,30,32,37H,34H2,1H3,(H,35,38)(H,36,39)/b20-19+/t30-,32-/m1/s1. The fraction of sp³-hybridized carbons (Fsp3) is 0.0909. The Morgan fingerprint density at radius 1 is 0.780 bits per heavy atom. The van der Waals surface area contributed by atoms with Crippen LogP contribution in [-0.2, 0) is 14.3 Å². The lowest BCUT2D eigenvalue weighted by atomic mass is 9.96. The zero-order valence-corrected chi connectivity index (χ0v) is 22.3. The summed E-state index contributed by atoms with van der Waals surface area (Å²) in [6, 6.07) is 30.7. The summed E-state index contributed by atoms with van der Waals surface area (Å²) < 4.78 is 11.7. The predicted molar refractivity (Wildman–Crippen MR) is 162 cm³/mol. The van der Waals surface area contributed by atoms with Crippen molar-refractivity contribution in [2.24, 2.45) is 0 Å². The van der Waals surface area contributed by atoms with Crippen molar-refractivity contribution in [2.75, 3.05) is 23.5 Å². The molecule has 5 N–H and O–H groups in total. The maximum atomic E-state index is 13.3. The fourth-order valence-corrected chi connectivity index (χ4v) is 4.72. The van der Waals surface area contributed by atoms with Gasteiger partial charge in [-0.05, 0) is 41.1 Å². The van der Waals surface area contributed by atoms with E-state index in [1.165, 1.54) is 25.3 Å². The third-order valence-electron chi connectivity index (χ3n) is 6.73. The smallest absolute Gasteiger partial charge is 0.412 e. The van der Waals surface area contributed by atoms with Crippen molar-refractivity contribution in [2.45, 2.75) is 12.2 Å². The molecular weight excluding hydrogens is 518 g/mol. The number of aromatic hydroxyl groups is 1. The first kappa shape index (κ1) is 27.2. The first-order valence-corrected chi connectivity index (χ1v) is 13.0. The zero-order chi connectivity index (χ0) is 28.8. The van der Waals surface area contributed by atoms with Crippen LogP contribution in [0.5, 0.6) is 5.75 Å². The van der Waals surface area contributed by atoms with E-state index in [0.717, 1.165) is 10.8 Å². The Balaban J connectivity index is 1.47. The van der Waals surface area contributed by atoms with E-state index < -0.39 is 24.2 Å². The van der Waals surface area contributed by atoms with Crippen LogP contribution in [0.3, 0.4) is 0 Å². The van der Waals surface area contributed by atoms with Gasteiger partial charge in [-0.2, -0.15) is 0 Å². The summed E-state index contributed by atoms with van der Waals surface area (Å²) in [4.78, 5) is 26.1. The molecule has 5 rings (SSSR count). The van der Waals surface area contributed by atoms with Crippen molar-refractivity contribution in [3.05, 3.63) is 121 Å². The van der Waals surface area contributed by atoms with Crippen molar-refractivity contribution in [1.82, 2.24) is 0 Å². The van der Waals surface area contributed by atoms with Gasteiger partial charge in [0.1, 0.15) is 11.9 Å². The number of phenolic OH excluding ortho intramolecular Hbond substituents is 1. The van der Waals surface area contributed by atoms with Crippen molar-refractivity contribution >= 4 is 50.6 Å². The Kier molecular flexibility index (Phi) is 8.13. The van der Waals surface area contributed by atoms with E-state index >= 15 is 0 Å². The van der Waals surface area contributed by atoms with Gasteiger partial charge < -0.3 is 25.6 Å². The highest BCUT2D eigenvalue weighted by Crippen LogP contribution is 2.35. The van der Waals surface area contributed by atoms with E-state index in [2.05, 4.69) is 10.6 Å². The van der Waals surface area contributed by atoms with E-state index in [1.54, 1.807) is 42.5 Å². The number of ether oxygens (including phenoxy) is 2. The summed E-state index contributed by atoms with van der Waals surface area (Å²) in [6.45, 7) is 0. The third-order valence-corrected chi connectivity index (χ3v) is 6.73. The summed E-state index contributed by atoms with van der Waals surface area (Å²) in [5.41, 5.74) is 8.03. The van der Waals surface area contributed by atoms with Crippen molar-refractivity contribution in [3.63, 3.8) is 0 Å². The number of benzene rings is 5. The lowest BCUT2D eigenvalue weighted by Gasteiger charge is -2.26. The summed E-state index contributed by atoms with van der Waals surface area (Å²) >= 11 is 0. The predicted octanol–water partition coefficient (Wildman–Crippen LogP) is 6.78. The molecule has 5 aromatic carbocycles. The van der Waals surface area contributed by atoms with E-state index in [4.69, 9.17) is 15.2 Å². The highest BCUT2D eigenvalue weighted by molar-refractivity contribution is 6.02. The van der Waals surface area contributed by atoms with Gasteiger partial charge in [0, 0.05) is 29.5 Å². The van der Waals surface area contributed by atoms with E-state index in [1.807, 2.05) is 54.6 Å². The average molecular weight is 548 g/mol. The first-order chi connectivity index (χ1) is 19.9. The van der Waals surface area contributed by atoms with Crippen LogP contribution in [0.25, 0.3) is 21.5 Å². The number of amides is 2. The van der Waals surface area contributed by atoms with Gasteiger partial charge in [-0.3, -0.25) is 10.1 Å². The highest BCUT2D eigenvalue weighted by Gasteiger charge is 2.28. The first-order valence-electron chi connectivity index (χ1n) is 13.0. The number of hydrogen-bond donors (Lipinski definition) is 4. The summed E-state index contributed by atoms with van der Waals surface area (Å²) in [5.74, 6) is -0.341. The van der Waals surface area contributed by atoms with Gasteiger partial charge in [0.05, 0.1) is 17.1 Å². The molecule has 8 nitrogen and oxygen atoms in total. The van der Waals surface area contributed by atoms with Crippen LogP contribution in [0.2, 0.25) is 0 Å². The average Bonchev–Trinajstić information content (AvgIpc) is 2.99.